The number of nitrogens with zero attached hydrogens (tertiary/aromatic N) is 4. The van der Waals surface area contributed by atoms with Gasteiger partial charge in [-0.3, -0.25) is 4.79 Å². The van der Waals surface area contributed by atoms with Crippen molar-refractivity contribution < 1.29 is 26.4 Å². The van der Waals surface area contributed by atoms with Gasteiger partial charge < -0.3 is 5.32 Å². The molecular weight excluding hydrogens is 491 g/mol. The minimum Gasteiger partial charge on any atom is -0.342 e. The van der Waals surface area contributed by atoms with Gasteiger partial charge in [-0.25, -0.2) is 18.4 Å². The van der Waals surface area contributed by atoms with Crippen LogP contribution in [0.3, 0.4) is 0 Å². The number of carbonyl (C=O) groups is 1. The number of rotatable bonds is 6. The lowest BCUT2D eigenvalue weighted by Crippen LogP contribution is -2.29. The van der Waals surface area contributed by atoms with Crippen molar-refractivity contribution in [1.29, 1.82) is 0 Å². The van der Waals surface area contributed by atoms with Gasteiger partial charge in [0.15, 0.2) is 21.5 Å². The Hall–Kier alpha value is -2.64. The fraction of sp³-hybridized carbons (Fsp3) is 0.222. The zero-order valence-electron chi connectivity index (χ0n) is 16.5. The Labute approximate surface area is 190 Å². The zero-order valence-corrected chi connectivity index (χ0v) is 18.8. The van der Waals surface area contributed by atoms with E-state index in [1.54, 1.807) is 6.92 Å². The van der Waals surface area contributed by atoms with Gasteiger partial charge in [0.25, 0.3) is 5.91 Å². The summed E-state index contributed by atoms with van der Waals surface area (Å²) in [5.74, 6) is -0.149. The highest BCUT2D eigenvalue weighted by Crippen LogP contribution is 2.36. The normalized spacial score (nSPS) is 13.1. The summed E-state index contributed by atoms with van der Waals surface area (Å²) in [6.07, 6.45) is 3.26. The number of sulfone groups is 1. The molecule has 3 aromatic rings. The first-order chi connectivity index (χ1) is 14.8. The van der Waals surface area contributed by atoms with Crippen LogP contribution in [-0.2, 0) is 9.84 Å². The molecule has 170 valence electrons. The molecule has 0 saturated carbocycles. The minimum atomic E-state index is -4.43. The second-order valence-electron chi connectivity index (χ2n) is 6.57. The lowest BCUT2D eigenvalue weighted by atomic mass is 10.2. The number of pyridine rings is 1. The van der Waals surface area contributed by atoms with E-state index in [0.29, 0.717) is 0 Å². The van der Waals surface area contributed by atoms with Crippen LogP contribution in [0.4, 0.5) is 13.2 Å². The Morgan fingerprint density at radius 3 is 2.53 bits per heavy atom. The van der Waals surface area contributed by atoms with Crippen LogP contribution in [-0.4, -0.2) is 45.8 Å². The molecule has 32 heavy (non-hydrogen) atoms. The lowest BCUT2D eigenvalue weighted by molar-refractivity contribution is -0.0328. The second kappa shape index (κ2) is 9.08. The first-order valence-electron chi connectivity index (χ1n) is 8.77. The van der Waals surface area contributed by atoms with E-state index >= 15 is 0 Å². The molecule has 8 nitrogen and oxygen atoms in total. The fourth-order valence-electron chi connectivity index (χ4n) is 2.67. The van der Waals surface area contributed by atoms with E-state index in [9.17, 15) is 26.4 Å². The molecule has 0 radical (unpaired) electrons. The number of hydrogen-bond acceptors (Lipinski definition) is 7. The summed E-state index contributed by atoms with van der Waals surface area (Å²) in [6, 6.07) is 5.63. The molecule has 2 aromatic heterocycles. The van der Waals surface area contributed by atoms with E-state index < -0.39 is 27.3 Å². The highest BCUT2D eigenvalue weighted by atomic mass is 35.5. The molecule has 1 atom stereocenters. The van der Waals surface area contributed by atoms with Gasteiger partial charge in [0.2, 0.25) is 0 Å². The van der Waals surface area contributed by atoms with Gasteiger partial charge in [-0.2, -0.15) is 23.0 Å². The van der Waals surface area contributed by atoms with Crippen LogP contribution >= 0.6 is 23.4 Å². The van der Waals surface area contributed by atoms with E-state index in [-0.39, 0.29) is 43.8 Å². The number of hydrogen-bond donors (Lipinski definition) is 1. The predicted octanol–water partition coefficient (Wildman–Crippen LogP) is 3.82. The molecule has 1 N–H and O–H groups in total. The summed E-state index contributed by atoms with van der Waals surface area (Å²) in [5.41, 5.74) is -4.40. The molecule has 0 aliphatic heterocycles. The molecule has 0 aliphatic carbocycles. The summed E-state index contributed by atoms with van der Waals surface area (Å²) < 4.78 is 62.3. The number of nitrogens with one attached hydrogen (secondary N) is 1. The van der Waals surface area contributed by atoms with Crippen LogP contribution in [0.1, 0.15) is 29.1 Å². The number of aromatic nitrogens is 4. The molecular formula is C18H15ClF3N5O3S2. The summed E-state index contributed by atoms with van der Waals surface area (Å²) in [7, 11) is -3.58. The van der Waals surface area contributed by atoms with E-state index in [1.807, 2.05) is 0 Å². The maximum absolute atomic E-state index is 12.7. The maximum atomic E-state index is 12.7. The molecule has 0 aliphatic rings. The third-order valence-corrected chi connectivity index (χ3v) is 6.06. The van der Waals surface area contributed by atoms with Gasteiger partial charge in [-0.15, -0.1) is 0 Å². The van der Waals surface area contributed by atoms with Crippen molar-refractivity contribution in [3.63, 3.8) is 0 Å². The van der Waals surface area contributed by atoms with Gasteiger partial charge in [-0.05, 0) is 49.0 Å². The van der Waals surface area contributed by atoms with Gasteiger partial charge >= 0.3 is 5.51 Å². The summed E-state index contributed by atoms with van der Waals surface area (Å²) >= 11 is 5.65. The van der Waals surface area contributed by atoms with Crippen molar-refractivity contribution in [2.24, 2.45) is 0 Å². The van der Waals surface area contributed by atoms with Gasteiger partial charge in [0.05, 0.1) is 10.9 Å². The zero-order chi connectivity index (χ0) is 23.7. The molecule has 0 bridgehead atoms. The molecule has 1 amide bonds. The number of carbonyl (C=O) groups excluding carboxylic acids is 1. The maximum Gasteiger partial charge on any atom is 0.446 e. The largest absolute Gasteiger partial charge is 0.446 e. The Morgan fingerprint density at radius 1 is 1.22 bits per heavy atom. The third kappa shape index (κ3) is 5.99. The SMILES string of the molecule is C[C@H](NC(=O)c1cc(Cl)cc(S(C)(=O)=O)c1)c1ncnn1-c1ccc(SC(F)(F)F)cn1. The van der Waals surface area contributed by atoms with Crippen molar-refractivity contribution in [3.8, 4) is 5.82 Å². The standard InChI is InChI=1S/C18H15ClF3N5O3S2/c1-10(26-17(28)11-5-12(19)7-14(6-11)32(2,29)30)16-24-9-25-27(16)15-4-3-13(8-23-15)31-18(20,21)22/h3-10H,1-2H3,(H,26,28)/t10-/m0/s1. The monoisotopic (exact) mass is 505 g/mol. The quantitative estimate of drug-likeness (QED) is 0.507. The summed E-state index contributed by atoms with van der Waals surface area (Å²) in [5, 5.41) is 6.75. The topological polar surface area (TPSA) is 107 Å². The van der Waals surface area contributed by atoms with Crippen molar-refractivity contribution in [2.75, 3.05) is 6.26 Å². The van der Waals surface area contributed by atoms with Crippen LogP contribution in [0.5, 0.6) is 0 Å². The Kier molecular flexibility index (Phi) is 6.81. The average Bonchev–Trinajstić information content (AvgIpc) is 3.16. The molecule has 0 fully saturated rings. The predicted molar refractivity (Wildman–Crippen MR) is 112 cm³/mol. The number of thioether (sulfide) groups is 1. The first kappa shape index (κ1) is 24.0. The van der Waals surface area contributed by atoms with E-state index in [4.69, 9.17) is 11.6 Å². The third-order valence-electron chi connectivity index (χ3n) is 4.04. The number of benzene rings is 1. The summed E-state index contributed by atoms with van der Waals surface area (Å²) in [6.45, 7) is 1.61. The molecule has 0 spiro atoms. The second-order valence-corrected chi connectivity index (χ2v) is 10.2. The van der Waals surface area contributed by atoms with Crippen molar-refractivity contribution >= 4 is 39.1 Å². The van der Waals surface area contributed by atoms with Crippen LogP contribution in [0.15, 0.2) is 52.6 Å². The average molecular weight is 506 g/mol. The van der Waals surface area contributed by atoms with Crippen LogP contribution in [0.25, 0.3) is 5.82 Å². The Balaban J connectivity index is 1.81. The molecule has 0 unspecified atom stereocenters. The van der Waals surface area contributed by atoms with Crippen molar-refractivity contribution in [1.82, 2.24) is 25.1 Å². The molecule has 1 aromatic carbocycles. The Morgan fingerprint density at radius 2 is 1.94 bits per heavy atom. The van der Waals surface area contributed by atoms with Crippen molar-refractivity contribution in [2.45, 2.75) is 28.3 Å². The van der Waals surface area contributed by atoms with Gasteiger partial charge in [0, 0.05) is 27.9 Å². The van der Waals surface area contributed by atoms with E-state index in [2.05, 4.69) is 20.4 Å². The van der Waals surface area contributed by atoms with Crippen molar-refractivity contribution in [3.05, 3.63) is 59.3 Å². The summed E-state index contributed by atoms with van der Waals surface area (Å²) in [4.78, 5) is 20.5. The van der Waals surface area contributed by atoms with Crippen LogP contribution in [0, 0.1) is 0 Å². The number of alkyl halides is 3. The van der Waals surface area contributed by atoms with Crippen LogP contribution < -0.4 is 5.32 Å². The highest BCUT2D eigenvalue weighted by Gasteiger charge is 2.29. The molecule has 0 saturated heterocycles. The van der Waals surface area contributed by atoms with Gasteiger partial charge in [-0.1, -0.05) is 11.6 Å². The van der Waals surface area contributed by atoms with Crippen LogP contribution in [0.2, 0.25) is 5.02 Å². The highest BCUT2D eigenvalue weighted by molar-refractivity contribution is 8.00. The smallest absolute Gasteiger partial charge is 0.342 e. The van der Waals surface area contributed by atoms with E-state index in [0.717, 1.165) is 12.5 Å². The molecule has 3 rings (SSSR count). The molecule has 14 heteroatoms. The van der Waals surface area contributed by atoms with E-state index in [1.165, 1.54) is 41.3 Å². The first-order valence-corrected chi connectivity index (χ1v) is 11.9. The fourth-order valence-corrected chi connectivity index (χ4v) is 4.16. The number of amides is 1. The Bertz CT molecular complexity index is 1250. The van der Waals surface area contributed by atoms with Gasteiger partial charge in [0.1, 0.15) is 6.33 Å². The number of halogens is 4. The molecule has 2 heterocycles. The lowest BCUT2D eigenvalue weighted by Gasteiger charge is -2.15. The minimum absolute atomic E-state index is 0.0301.